The predicted molar refractivity (Wildman–Crippen MR) is 144 cm³/mol. The minimum atomic E-state index is -3.98. The fraction of sp³-hybridized carbons (Fsp3) is 0.115. The van der Waals surface area contributed by atoms with Crippen LogP contribution in [0, 0.1) is 6.92 Å². The highest BCUT2D eigenvalue weighted by Gasteiger charge is 2.37. The lowest BCUT2D eigenvalue weighted by Crippen LogP contribution is -2.48. The summed E-state index contributed by atoms with van der Waals surface area (Å²) in [4.78, 5) is 21.1. The molecule has 0 bridgehead atoms. The van der Waals surface area contributed by atoms with Crippen LogP contribution in [0.4, 0.5) is 17.3 Å². The SMILES string of the molecule is Cc1ccnc(NS(=O)(=O)c2ccc(NC(=O)[C@@H]3CN(S(=O)(=O)c4ccccc4)c4ccccc4O3)cc2)n1. The average molecular weight is 566 g/mol. The molecule has 11 nitrogen and oxygen atoms in total. The van der Waals surface area contributed by atoms with E-state index in [1.807, 2.05) is 0 Å². The van der Waals surface area contributed by atoms with Crippen molar-refractivity contribution in [3.8, 4) is 5.75 Å². The van der Waals surface area contributed by atoms with E-state index in [2.05, 4.69) is 20.0 Å². The number of anilines is 3. The molecule has 4 aromatic rings. The molecular weight excluding hydrogens is 542 g/mol. The number of carbonyl (C=O) groups excluding carboxylic acids is 1. The van der Waals surface area contributed by atoms with Gasteiger partial charge in [0.15, 0.2) is 6.10 Å². The number of aryl methyl sites for hydroxylation is 1. The van der Waals surface area contributed by atoms with Crippen LogP contribution in [0.5, 0.6) is 5.75 Å². The van der Waals surface area contributed by atoms with Crippen LogP contribution < -0.4 is 19.1 Å². The van der Waals surface area contributed by atoms with Gasteiger partial charge in [0.05, 0.1) is 22.0 Å². The van der Waals surface area contributed by atoms with Crippen molar-refractivity contribution >= 4 is 43.3 Å². The summed E-state index contributed by atoms with van der Waals surface area (Å²) in [5, 5.41) is 2.66. The first-order chi connectivity index (χ1) is 18.6. The second-order valence-electron chi connectivity index (χ2n) is 8.56. The number of hydrogen-bond donors (Lipinski definition) is 2. The van der Waals surface area contributed by atoms with Crippen LogP contribution in [0.25, 0.3) is 0 Å². The number of nitrogens with zero attached hydrogens (tertiary/aromatic N) is 3. The number of nitrogens with one attached hydrogen (secondary N) is 2. The topological polar surface area (TPSA) is 148 Å². The summed E-state index contributed by atoms with van der Waals surface area (Å²) in [6, 6.07) is 21.6. The van der Waals surface area contributed by atoms with Crippen LogP contribution >= 0.6 is 0 Å². The number of carbonyl (C=O) groups is 1. The van der Waals surface area contributed by atoms with Crippen molar-refractivity contribution in [2.75, 3.05) is 20.9 Å². The molecule has 1 atom stereocenters. The van der Waals surface area contributed by atoms with Crippen molar-refractivity contribution in [3.63, 3.8) is 0 Å². The fourth-order valence-corrected chi connectivity index (χ4v) is 6.35. The molecule has 1 amide bonds. The Morgan fingerprint density at radius 3 is 2.31 bits per heavy atom. The van der Waals surface area contributed by atoms with E-state index in [4.69, 9.17) is 4.74 Å². The Labute approximate surface area is 225 Å². The molecule has 0 aliphatic carbocycles. The highest BCUT2D eigenvalue weighted by molar-refractivity contribution is 7.93. The molecule has 5 rings (SSSR count). The Bertz CT molecular complexity index is 1730. The molecule has 0 spiro atoms. The molecule has 2 N–H and O–H groups in total. The fourth-order valence-electron chi connectivity index (χ4n) is 3.90. The number of para-hydroxylation sites is 2. The van der Waals surface area contributed by atoms with E-state index in [1.165, 1.54) is 42.6 Å². The number of hydrogen-bond acceptors (Lipinski definition) is 8. The van der Waals surface area contributed by atoms with Crippen LogP contribution in [0.1, 0.15) is 5.69 Å². The Morgan fingerprint density at radius 1 is 0.897 bits per heavy atom. The van der Waals surface area contributed by atoms with Gasteiger partial charge in [0.2, 0.25) is 5.95 Å². The highest BCUT2D eigenvalue weighted by Crippen LogP contribution is 2.37. The van der Waals surface area contributed by atoms with Crippen molar-refractivity contribution < 1.29 is 26.4 Å². The smallest absolute Gasteiger partial charge is 0.267 e. The van der Waals surface area contributed by atoms with E-state index in [0.717, 1.165) is 4.31 Å². The van der Waals surface area contributed by atoms with Gasteiger partial charge >= 0.3 is 0 Å². The molecular formula is C26H23N5O6S2. The largest absolute Gasteiger partial charge is 0.476 e. The third kappa shape index (κ3) is 5.54. The predicted octanol–water partition coefficient (Wildman–Crippen LogP) is 3.18. The summed E-state index contributed by atoms with van der Waals surface area (Å²) >= 11 is 0. The van der Waals surface area contributed by atoms with Gasteiger partial charge < -0.3 is 10.1 Å². The zero-order valence-corrected chi connectivity index (χ0v) is 22.2. The number of benzene rings is 3. The summed E-state index contributed by atoms with van der Waals surface area (Å²) in [5.74, 6) is -0.411. The first-order valence-corrected chi connectivity index (χ1v) is 14.6. The van der Waals surface area contributed by atoms with Gasteiger partial charge in [-0.1, -0.05) is 30.3 Å². The number of amides is 1. The second kappa shape index (κ2) is 10.3. The average Bonchev–Trinajstić information content (AvgIpc) is 2.93. The summed E-state index contributed by atoms with van der Waals surface area (Å²) in [6.45, 7) is 1.45. The van der Waals surface area contributed by atoms with Gasteiger partial charge in [-0.05, 0) is 61.5 Å². The summed E-state index contributed by atoms with van der Waals surface area (Å²) in [7, 11) is -7.94. The molecule has 13 heteroatoms. The van der Waals surface area contributed by atoms with Crippen LogP contribution in [-0.4, -0.2) is 45.4 Å². The maximum atomic E-state index is 13.4. The van der Waals surface area contributed by atoms with Crippen molar-refractivity contribution in [3.05, 3.63) is 96.8 Å². The molecule has 0 unspecified atom stereocenters. The normalized spacial score (nSPS) is 15.1. The van der Waals surface area contributed by atoms with E-state index < -0.39 is 32.1 Å². The molecule has 0 fully saturated rings. The third-order valence-corrected chi connectivity index (χ3v) is 8.95. The minimum absolute atomic E-state index is 0.0582. The summed E-state index contributed by atoms with van der Waals surface area (Å²) < 4.78 is 61.5. The zero-order valence-electron chi connectivity index (χ0n) is 20.6. The van der Waals surface area contributed by atoms with Gasteiger partial charge in [0.25, 0.3) is 26.0 Å². The molecule has 1 aliphatic heterocycles. The molecule has 3 aromatic carbocycles. The molecule has 0 radical (unpaired) electrons. The Morgan fingerprint density at radius 2 is 1.59 bits per heavy atom. The maximum absolute atomic E-state index is 13.4. The molecule has 0 saturated heterocycles. The zero-order chi connectivity index (χ0) is 27.6. The van der Waals surface area contributed by atoms with Crippen LogP contribution in [0.2, 0.25) is 0 Å². The van der Waals surface area contributed by atoms with E-state index in [0.29, 0.717) is 17.1 Å². The molecule has 2 heterocycles. The third-order valence-electron chi connectivity index (χ3n) is 5.81. The van der Waals surface area contributed by atoms with Gasteiger partial charge in [-0.25, -0.2) is 31.5 Å². The number of fused-ring (bicyclic) bond motifs is 1. The molecule has 1 aliphatic rings. The standard InChI is InChI=1S/C26H23N5O6S2/c1-18-15-16-27-26(28-18)30-38(33,34)20-13-11-19(12-14-20)29-25(32)24-17-31(22-9-5-6-10-23(22)37-24)39(35,36)21-7-3-2-4-8-21/h2-16,24H,17H2,1H3,(H,29,32)(H,27,28,30)/t24-/m0/s1. The number of ether oxygens (including phenoxy) is 1. The maximum Gasteiger partial charge on any atom is 0.267 e. The lowest BCUT2D eigenvalue weighted by Gasteiger charge is -2.34. The lowest BCUT2D eigenvalue weighted by atomic mass is 10.2. The quantitative estimate of drug-likeness (QED) is 0.347. The number of sulfonamides is 2. The van der Waals surface area contributed by atoms with Crippen molar-refractivity contribution in [2.24, 2.45) is 0 Å². The van der Waals surface area contributed by atoms with Gasteiger partial charge in [-0.2, -0.15) is 0 Å². The van der Waals surface area contributed by atoms with E-state index in [1.54, 1.807) is 55.5 Å². The van der Waals surface area contributed by atoms with Crippen LogP contribution in [0.3, 0.4) is 0 Å². The Hall–Kier alpha value is -4.49. The first-order valence-electron chi connectivity index (χ1n) is 11.7. The number of aromatic nitrogens is 2. The lowest BCUT2D eigenvalue weighted by molar-refractivity contribution is -0.122. The van der Waals surface area contributed by atoms with Gasteiger partial charge in [0.1, 0.15) is 5.75 Å². The number of rotatable bonds is 7. The van der Waals surface area contributed by atoms with Crippen LogP contribution in [0.15, 0.2) is 101 Å². The second-order valence-corrected chi connectivity index (χ2v) is 12.1. The summed E-state index contributed by atoms with van der Waals surface area (Å²) in [6.07, 6.45) is 0.276. The van der Waals surface area contributed by atoms with E-state index in [9.17, 15) is 21.6 Å². The molecule has 1 aromatic heterocycles. The Kier molecular flexibility index (Phi) is 6.93. The summed E-state index contributed by atoms with van der Waals surface area (Å²) in [5.41, 5.74) is 1.22. The molecule has 200 valence electrons. The van der Waals surface area contributed by atoms with Crippen molar-refractivity contribution in [2.45, 2.75) is 22.8 Å². The van der Waals surface area contributed by atoms with Gasteiger partial charge in [-0.15, -0.1) is 0 Å². The van der Waals surface area contributed by atoms with Crippen LogP contribution in [-0.2, 0) is 24.8 Å². The van der Waals surface area contributed by atoms with E-state index in [-0.39, 0.29) is 28.0 Å². The highest BCUT2D eigenvalue weighted by atomic mass is 32.2. The molecule has 39 heavy (non-hydrogen) atoms. The van der Waals surface area contributed by atoms with E-state index >= 15 is 0 Å². The van der Waals surface area contributed by atoms with Crippen molar-refractivity contribution in [1.29, 1.82) is 0 Å². The monoisotopic (exact) mass is 565 g/mol. The van der Waals surface area contributed by atoms with Gasteiger partial charge in [0, 0.05) is 17.6 Å². The van der Waals surface area contributed by atoms with Gasteiger partial charge in [-0.3, -0.25) is 9.10 Å². The minimum Gasteiger partial charge on any atom is -0.476 e. The Balaban J connectivity index is 1.33. The first kappa shape index (κ1) is 26.1. The molecule has 0 saturated carbocycles. The van der Waals surface area contributed by atoms with Crippen molar-refractivity contribution in [1.82, 2.24) is 9.97 Å².